The van der Waals surface area contributed by atoms with Gasteiger partial charge in [0, 0.05) is 13.2 Å². The minimum Gasteiger partial charge on any atom is -0.483 e. The molecule has 0 aromatic heterocycles. The Morgan fingerprint density at radius 3 is 2.89 bits per heavy atom. The summed E-state index contributed by atoms with van der Waals surface area (Å²) >= 11 is 3.40. The molecule has 0 saturated heterocycles. The molecule has 0 spiro atoms. The number of amides is 1. The van der Waals surface area contributed by atoms with Gasteiger partial charge in [-0.25, -0.2) is 0 Å². The fourth-order valence-corrected chi connectivity index (χ4v) is 2.14. The van der Waals surface area contributed by atoms with Gasteiger partial charge in [0.2, 0.25) is 0 Å². The molecular formula is C14H20BrNO3. The van der Waals surface area contributed by atoms with Crippen LogP contribution in [0.2, 0.25) is 0 Å². The first kappa shape index (κ1) is 16.0. The van der Waals surface area contributed by atoms with Gasteiger partial charge in [0.05, 0.1) is 4.47 Å². The van der Waals surface area contributed by atoms with Crippen molar-refractivity contribution in [3.8, 4) is 5.75 Å². The van der Waals surface area contributed by atoms with E-state index in [1.54, 1.807) is 0 Å². The van der Waals surface area contributed by atoms with Gasteiger partial charge in [0.1, 0.15) is 5.75 Å². The lowest BCUT2D eigenvalue weighted by molar-refractivity contribution is -0.123. The maximum absolute atomic E-state index is 11.6. The summed E-state index contributed by atoms with van der Waals surface area (Å²) in [6.07, 6.45) is 0.685. The Kier molecular flexibility index (Phi) is 6.87. The number of nitrogens with one attached hydrogen (secondary N) is 1. The van der Waals surface area contributed by atoms with E-state index in [0.29, 0.717) is 18.7 Å². The average molecular weight is 330 g/mol. The van der Waals surface area contributed by atoms with Gasteiger partial charge in [-0.3, -0.25) is 4.79 Å². The van der Waals surface area contributed by atoms with Crippen LogP contribution in [-0.2, 0) is 4.79 Å². The molecule has 1 aromatic carbocycles. The van der Waals surface area contributed by atoms with Crippen LogP contribution in [0.25, 0.3) is 0 Å². The molecule has 0 aliphatic rings. The molecule has 1 aromatic rings. The van der Waals surface area contributed by atoms with Crippen molar-refractivity contribution in [3.63, 3.8) is 0 Å². The molecule has 19 heavy (non-hydrogen) atoms. The number of aliphatic hydroxyl groups excluding tert-OH is 1. The van der Waals surface area contributed by atoms with Gasteiger partial charge in [-0.2, -0.15) is 0 Å². The van der Waals surface area contributed by atoms with Crippen LogP contribution >= 0.6 is 15.9 Å². The second-order valence-electron chi connectivity index (χ2n) is 4.64. The lowest BCUT2D eigenvalue weighted by Crippen LogP contribution is -2.32. The first-order valence-electron chi connectivity index (χ1n) is 6.29. The van der Waals surface area contributed by atoms with Crippen LogP contribution in [-0.4, -0.2) is 30.8 Å². The van der Waals surface area contributed by atoms with E-state index in [0.717, 1.165) is 10.0 Å². The molecule has 0 saturated carbocycles. The van der Waals surface area contributed by atoms with E-state index >= 15 is 0 Å². The highest BCUT2D eigenvalue weighted by molar-refractivity contribution is 9.10. The third kappa shape index (κ3) is 6.07. The summed E-state index contributed by atoms with van der Waals surface area (Å²) < 4.78 is 6.28. The molecule has 0 heterocycles. The number of hydrogen-bond donors (Lipinski definition) is 2. The highest BCUT2D eigenvalue weighted by Crippen LogP contribution is 2.25. The molecule has 5 heteroatoms. The Morgan fingerprint density at radius 2 is 2.26 bits per heavy atom. The Labute approximate surface area is 122 Å². The normalized spacial score (nSPS) is 12.0. The Hall–Kier alpha value is -1.07. The molecule has 1 atom stereocenters. The lowest BCUT2D eigenvalue weighted by Gasteiger charge is -2.12. The van der Waals surface area contributed by atoms with E-state index < -0.39 is 0 Å². The standard InChI is InChI=1S/C14H20BrNO3/c1-10-3-4-13(12(15)7-10)19-9-14(18)16-8-11(2)5-6-17/h3-4,7,11,17H,5-6,8-9H2,1-2H3,(H,16,18). The second-order valence-corrected chi connectivity index (χ2v) is 5.50. The predicted molar refractivity (Wildman–Crippen MR) is 78.3 cm³/mol. The van der Waals surface area contributed by atoms with E-state index in [9.17, 15) is 4.79 Å². The topological polar surface area (TPSA) is 58.6 Å². The van der Waals surface area contributed by atoms with Crippen LogP contribution in [0.3, 0.4) is 0 Å². The van der Waals surface area contributed by atoms with Crippen molar-refractivity contribution in [2.24, 2.45) is 5.92 Å². The first-order chi connectivity index (χ1) is 9.02. The zero-order valence-corrected chi connectivity index (χ0v) is 12.9. The van der Waals surface area contributed by atoms with E-state index in [1.165, 1.54) is 0 Å². The number of hydrogen-bond acceptors (Lipinski definition) is 3. The summed E-state index contributed by atoms with van der Waals surface area (Å²) in [6.45, 7) is 4.66. The number of benzene rings is 1. The van der Waals surface area contributed by atoms with Gasteiger partial charge >= 0.3 is 0 Å². The molecule has 0 bridgehead atoms. The summed E-state index contributed by atoms with van der Waals surface area (Å²) in [7, 11) is 0. The number of carbonyl (C=O) groups is 1. The third-order valence-electron chi connectivity index (χ3n) is 2.72. The summed E-state index contributed by atoms with van der Waals surface area (Å²) in [6, 6.07) is 5.71. The Bertz CT molecular complexity index is 423. The van der Waals surface area contributed by atoms with Gasteiger partial charge < -0.3 is 15.2 Å². The number of aryl methyl sites for hydroxylation is 1. The molecule has 1 rings (SSSR count). The molecule has 0 fully saturated rings. The van der Waals surface area contributed by atoms with Crippen LogP contribution in [0.4, 0.5) is 0 Å². The average Bonchev–Trinajstić information content (AvgIpc) is 2.35. The molecule has 2 N–H and O–H groups in total. The summed E-state index contributed by atoms with van der Waals surface area (Å²) in [5, 5.41) is 11.5. The summed E-state index contributed by atoms with van der Waals surface area (Å²) in [4.78, 5) is 11.6. The molecule has 106 valence electrons. The smallest absolute Gasteiger partial charge is 0.257 e. The number of rotatable bonds is 7. The Morgan fingerprint density at radius 1 is 1.53 bits per heavy atom. The molecule has 4 nitrogen and oxygen atoms in total. The molecular weight excluding hydrogens is 310 g/mol. The van der Waals surface area contributed by atoms with Crippen molar-refractivity contribution in [2.45, 2.75) is 20.3 Å². The van der Waals surface area contributed by atoms with Crippen molar-refractivity contribution < 1.29 is 14.6 Å². The molecule has 0 aliphatic heterocycles. The van der Waals surface area contributed by atoms with Gasteiger partial charge in [0.15, 0.2) is 6.61 Å². The van der Waals surface area contributed by atoms with E-state index in [2.05, 4.69) is 21.2 Å². The van der Waals surface area contributed by atoms with E-state index in [4.69, 9.17) is 9.84 Å². The zero-order chi connectivity index (χ0) is 14.3. The number of carbonyl (C=O) groups excluding carboxylic acids is 1. The maximum Gasteiger partial charge on any atom is 0.257 e. The minimum absolute atomic E-state index is 0.00644. The van der Waals surface area contributed by atoms with Crippen molar-refractivity contribution in [3.05, 3.63) is 28.2 Å². The molecule has 0 radical (unpaired) electrons. The first-order valence-corrected chi connectivity index (χ1v) is 7.08. The van der Waals surface area contributed by atoms with E-state index in [-0.39, 0.29) is 25.0 Å². The van der Waals surface area contributed by atoms with Gasteiger partial charge in [-0.15, -0.1) is 0 Å². The quantitative estimate of drug-likeness (QED) is 0.806. The number of ether oxygens (including phenoxy) is 1. The minimum atomic E-state index is -0.155. The van der Waals surface area contributed by atoms with E-state index in [1.807, 2.05) is 32.0 Å². The van der Waals surface area contributed by atoms with Gasteiger partial charge in [0.25, 0.3) is 5.91 Å². The largest absolute Gasteiger partial charge is 0.483 e. The van der Waals surface area contributed by atoms with Crippen molar-refractivity contribution in [2.75, 3.05) is 19.8 Å². The van der Waals surface area contributed by atoms with Crippen LogP contribution in [0, 0.1) is 12.8 Å². The summed E-state index contributed by atoms with van der Waals surface area (Å²) in [5.41, 5.74) is 1.13. The summed E-state index contributed by atoms with van der Waals surface area (Å²) in [5.74, 6) is 0.765. The fourth-order valence-electron chi connectivity index (χ4n) is 1.53. The van der Waals surface area contributed by atoms with Gasteiger partial charge in [-0.1, -0.05) is 13.0 Å². The molecule has 1 amide bonds. The number of halogens is 1. The highest BCUT2D eigenvalue weighted by atomic mass is 79.9. The van der Waals surface area contributed by atoms with Crippen LogP contribution in [0.1, 0.15) is 18.9 Å². The molecule has 1 unspecified atom stereocenters. The lowest BCUT2D eigenvalue weighted by atomic mass is 10.1. The monoisotopic (exact) mass is 329 g/mol. The van der Waals surface area contributed by atoms with Gasteiger partial charge in [-0.05, 0) is 52.9 Å². The molecule has 0 aliphatic carbocycles. The van der Waals surface area contributed by atoms with Crippen LogP contribution in [0.15, 0.2) is 22.7 Å². The SMILES string of the molecule is Cc1ccc(OCC(=O)NCC(C)CCO)c(Br)c1. The predicted octanol–water partition coefficient (Wildman–Crippen LogP) is 2.27. The highest BCUT2D eigenvalue weighted by Gasteiger charge is 2.07. The zero-order valence-electron chi connectivity index (χ0n) is 11.3. The van der Waals surface area contributed by atoms with Crippen molar-refractivity contribution in [1.29, 1.82) is 0 Å². The van der Waals surface area contributed by atoms with Crippen LogP contribution < -0.4 is 10.1 Å². The van der Waals surface area contributed by atoms with Crippen molar-refractivity contribution >= 4 is 21.8 Å². The van der Waals surface area contributed by atoms with Crippen molar-refractivity contribution in [1.82, 2.24) is 5.32 Å². The Balaban J connectivity index is 2.33. The third-order valence-corrected chi connectivity index (χ3v) is 3.34. The fraction of sp³-hybridized carbons (Fsp3) is 0.500. The van der Waals surface area contributed by atoms with Crippen LogP contribution in [0.5, 0.6) is 5.75 Å². The number of aliphatic hydroxyl groups is 1. The second kappa shape index (κ2) is 8.17. The maximum atomic E-state index is 11.6.